The highest BCUT2D eigenvalue weighted by Gasteiger charge is 2.15. The van der Waals surface area contributed by atoms with Gasteiger partial charge in [0, 0.05) is 9.86 Å². The summed E-state index contributed by atoms with van der Waals surface area (Å²) in [6.45, 7) is 3.97. The lowest BCUT2D eigenvalue weighted by Gasteiger charge is -2.06. The minimum atomic E-state index is 0.441. The molecule has 20 heavy (non-hydrogen) atoms. The maximum Gasteiger partial charge on any atom is 0.173 e. The van der Waals surface area contributed by atoms with E-state index < -0.39 is 0 Å². The van der Waals surface area contributed by atoms with E-state index in [4.69, 9.17) is 23.2 Å². The Kier molecular flexibility index (Phi) is 3.75. The van der Waals surface area contributed by atoms with Crippen molar-refractivity contribution in [2.75, 3.05) is 0 Å². The molecular weight excluding hydrogens is 379 g/mol. The fourth-order valence-electron chi connectivity index (χ4n) is 1.97. The Labute approximate surface area is 138 Å². The van der Waals surface area contributed by atoms with Gasteiger partial charge in [-0.3, -0.25) is 0 Å². The summed E-state index contributed by atoms with van der Waals surface area (Å²) in [5.74, 6) is 0.565. The second-order valence-electron chi connectivity index (χ2n) is 4.54. The standard InChI is InChI=1S/C14H9BrCl2N2S/c1-6-3-8-11(9(15)4-6)18-14(19-13(8)17)12-10(16)7(2)5-20-12/h3-5H,1-2H3. The van der Waals surface area contributed by atoms with Gasteiger partial charge in [0.1, 0.15) is 5.15 Å². The third-order valence-electron chi connectivity index (χ3n) is 2.95. The van der Waals surface area contributed by atoms with Gasteiger partial charge < -0.3 is 0 Å². The van der Waals surface area contributed by atoms with E-state index in [-0.39, 0.29) is 0 Å². The van der Waals surface area contributed by atoms with E-state index in [1.54, 1.807) is 0 Å². The zero-order chi connectivity index (χ0) is 14.4. The Balaban J connectivity index is 2.32. The molecule has 2 nitrogen and oxygen atoms in total. The molecule has 3 rings (SSSR count). The number of nitrogens with zero attached hydrogens (tertiary/aromatic N) is 2. The molecule has 0 unspecified atom stereocenters. The molecule has 0 saturated carbocycles. The minimum absolute atomic E-state index is 0.441. The van der Waals surface area contributed by atoms with Gasteiger partial charge in [-0.05, 0) is 58.4 Å². The third-order valence-corrected chi connectivity index (χ3v) is 5.54. The van der Waals surface area contributed by atoms with Gasteiger partial charge in [0.15, 0.2) is 5.82 Å². The van der Waals surface area contributed by atoms with E-state index in [1.807, 2.05) is 31.4 Å². The van der Waals surface area contributed by atoms with Gasteiger partial charge >= 0.3 is 0 Å². The summed E-state index contributed by atoms with van der Waals surface area (Å²) in [4.78, 5) is 9.84. The van der Waals surface area contributed by atoms with Crippen LogP contribution in [0.25, 0.3) is 21.6 Å². The molecule has 102 valence electrons. The second kappa shape index (κ2) is 5.26. The number of halogens is 3. The smallest absolute Gasteiger partial charge is 0.173 e. The number of thiophene rings is 1. The summed E-state index contributed by atoms with van der Waals surface area (Å²) in [6, 6.07) is 3.99. The largest absolute Gasteiger partial charge is 0.226 e. The fraction of sp³-hybridized carbons (Fsp3) is 0.143. The zero-order valence-electron chi connectivity index (χ0n) is 10.7. The molecule has 0 aliphatic heterocycles. The molecule has 0 atom stereocenters. The first-order valence-corrected chi connectivity index (χ1v) is 8.27. The summed E-state index contributed by atoms with van der Waals surface area (Å²) >= 11 is 17.7. The van der Waals surface area contributed by atoms with Crippen molar-refractivity contribution in [3.63, 3.8) is 0 Å². The van der Waals surface area contributed by atoms with Gasteiger partial charge in [0.25, 0.3) is 0 Å². The van der Waals surface area contributed by atoms with Crippen molar-refractivity contribution in [2.45, 2.75) is 13.8 Å². The van der Waals surface area contributed by atoms with Crippen LogP contribution in [0.1, 0.15) is 11.1 Å². The Morgan fingerprint density at radius 2 is 1.90 bits per heavy atom. The predicted molar refractivity (Wildman–Crippen MR) is 90.0 cm³/mol. The zero-order valence-corrected chi connectivity index (χ0v) is 14.6. The van der Waals surface area contributed by atoms with Crippen molar-refractivity contribution in [3.05, 3.63) is 43.3 Å². The van der Waals surface area contributed by atoms with E-state index in [0.29, 0.717) is 16.0 Å². The molecule has 1 aromatic carbocycles. The maximum atomic E-state index is 6.30. The summed E-state index contributed by atoms with van der Waals surface area (Å²) in [7, 11) is 0. The average molecular weight is 388 g/mol. The first-order valence-electron chi connectivity index (χ1n) is 5.84. The van der Waals surface area contributed by atoms with Gasteiger partial charge in [-0.1, -0.05) is 23.2 Å². The van der Waals surface area contributed by atoms with Crippen molar-refractivity contribution in [3.8, 4) is 10.7 Å². The number of benzene rings is 1. The second-order valence-corrected chi connectivity index (χ2v) is 7.01. The molecule has 0 N–H and O–H groups in total. The van der Waals surface area contributed by atoms with Gasteiger partial charge in [0.2, 0.25) is 0 Å². The van der Waals surface area contributed by atoms with E-state index in [9.17, 15) is 0 Å². The van der Waals surface area contributed by atoms with Crippen LogP contribution < -0.4 is 0 Å². The highest BCUT2D eigenvalue weighted by Crippen LogP contribution is 2.37. The van der Waals surface area contributed by atoms with E-state index >= 15 is 0 Å². The Morgan fingerprint density at radius 1 is 1.15 bits per heavy atom. The Bertz CT molecular complexity index is 830. The lowest BCUT2D eigenvalue weighted by Crippen LogP contribution is -1.92. The van der Waals surface area contributed by atoms with Crippen molar-refractivity contribution in [1.29, 1.82) is 0 Å². The van der Waals surface area contributed by atoms with Gasteiger partial charge in [-0.15, -0.1) is 11.3 Å². The maximum absolute atomic E-state index is 6.30. The third kappa shape index (κ3) is 2.35. The molecule has 0 amide bonds. The van der Waals surface area contributed by atoms with Crippen LogP contribution in [0.15, 0.2) is 22.0 Å². The van der Waals surface area contributed by atoms with Gasteiger partial charge in [-0.25, -0.2) is 9.97 Å². The number of aromatic nitrogens is 2. The van der Waals surface area contributed by atoms with E-state index in [2.05, 4.69) is 25.9 Å². The van der Waals surface area contributed by atoms with Crippen molar-refractivity contribution in [1.82, 2.24) is 9.97 Å². The molecule has 3 aromatic rings. The molecule has 0 aliphatic carbocycles. The summed E-state index contributed by atoms with van der Waals surface area (Å²) in [6.07, 6.45) is 0. The molecule has 0 radical (unpaired) electrons. The predicted octanol–water partition coefficient (Wildman–Crippen LogP) is 6.04. The molecular formula is C14H9BrCl2N2S. The van der Waals surface area contributed by atoms with Crippen LogP contribution in [0.3, 0.4) is 0 Å². The average Bonchev–Trinajstić information content (AvgIpc) is 2.71. The lowest BCUT2D eigenvalue weighted by molar-refractivity contribution is 1.23. The number of rotatable bonds is 1. The topological polar surface area (TPSA) is 25.8 Å². The monoisotopic (exact) mass is 386 g/mol. The SMILES string of the molecule is Cc1cc(Br)c2nc(-c3scc(C)c3Cl)nc(Cl)c2c1. The van der Waals surface area contributed by atoms with E-state index in [1.165, 1.54) is 11.3 Å². The quantitative estimate of drug-likeness (QED) is 0.475. The number of fused-ring (bicyclic) bond motifs is 1. The van der Waals surface area contributed by atoms with Gasteiger partial charge in [0.05, 0.1) is 15.4 Å². The van der Waals surface area contributed by atoms with Crippen LogP contribution in [0, 0.1) is 13.8 Å². The molecule has 0 spiro atoms. The van der Waals surface area contributed by atoms with Crippen molar-refractivity contribution >= 4 is 61.4 Å². The molecule has 0 saturated heterocycles. The van der Waals surface area contributed by atoms with Crippen LogP contribution in [-0.2, 0) is 0 Å². The van der Waals surface area contributed by atoms with Gasteiger partial charge in [-0.2, -0.15) is 0 Å². The molecule has 0 fully saturated rings. The number of aryl methyl sites for hydroxylation is 2. The number of hydrogen-bond donors (Lipinski definition) is 0. The Hall–Kier alpha value is -0.680. The summed E-state index contributed by atoms with van der Waals surface area (Å²) < 4.78 is 0.905. The highest BCUT2D eigenvalue weighted by molar-refractivity contribution is 9.10. The lowest BCUT2D eigenvalue weighted by atomic mass is 10.2. The van der Waals surface area contributed by atoms with Crippen LogP contribution >= 0.6 is 50.5 Å². The molecule has 0 bridgehead atoms. The van der Waals surface area contributed by atoms with Crippen molar-refractivity contribution < 1.29 is 0 Å². The van der Waals surface area contributed by atoms with Crippen LogP contribution in [0.2, 0.25) is 10.2 Å². The first-order chi connectivity index (χ1) is 9.47. The van der Waals surface area contributed by atoms with E-state index in [0.717, 1.165) is 31.4 Å². The normalized spacial score (nSPS) is 11.2. The summed E-state index contributed by atoms with van der Waals surface area (Å²) in [5.41, 5.74) is 2.93. The van der Waals surface area contributed by atoms with Crippen molar-refractivity contribution in [2.24, 2.45) is 0 Å². The molecule has 6 heteroatoms. The number of hydrogen-bond acceptors (Lipinski definition) is 3. The van der Waals surface area contributed by atoms with Crippen LogP contribution in [0.4, 0.5) is 0 Å². The fourth-order valence-corrected chi connectivity index (χ4v) is 4.07. The first kappa shape index (κ1) is 14.3. The summed E-state index contributed by atoms with van der Waals surface area (Å²) in [5, 5.41) is 3.96. The van der Waals surface area contributed by atoms with Crippen LogP contribution in [-0.4, -0.2) is 9.97 Å². The molecule has 0 aliphatic rings. The van der Waals surface area contributed by atoms with Crippen LogP contribution in [0.5, 0.6) is 0 Å². The Morgan fingerprint density at radius 3 is 2.55 bits per heavy atom. The highest BCUT2D eigenvalue weighted by atomic mass is 79.9. The molecule has 2 aromatic heterocycles. The molecule has 2 heterocycles. The minimum Gasteiger partial charge on any atom is -0.226 e.